The summed E-state index contributed by atoms with van der Waals surface area (Å²) in [6.07, 6.45) is 4.19. The van der Waals surface area contributed by atoms with Gasteiger partial charge in [-0.3, -0.25) is 9.48 Å². The molecule has 0 aliphatic carbocycles. The SMILES string of the molecule is C=CCN1C(=O)[C@@]2(O[C@@H](CCn3cc(CCO)nn3)[C@H]([Si](C)(C)O)[C@H]2C)c2cc(Cl)ccc21. The van der Waals surface area contributed by atoms with Gasteiger partial charge in [0, 0.05) is 54.4 Å². The first-order chi connectivity index (χ1) is 15.6. The van der Waals surface area contributed by atoms with Gasteiger partial charge in [-0.1, -0.05) is 29.8 Å². The molecule has 2 N–H and O–H groups in total. The van der Waals surface area contributed by atoms with Crippen LogP contribution in [0.15, 0.2) is 37.1 Å². The molecule has 2 aliphatic rings. The van der Waals surface area contributed by atoms with E-state index in [4.69, 9.17) is 21.4 Å². The maximum Gasteiger partial charge on any atom is 0.264 e. The number of halogens is 1. The van der Waals surface area contributed by atoms with Gasteiger partial charge in [-0.15, -0.1) is 11.7 Å². The Morgan fingerprint density at radius 1 is 1.39 bits per heavy atom. The summed E-state index contributed by atoms with van der Waals surface area (Å²) in [4.78, 5) is 26.8. The number of anilines is 1. The number of fused-ring (bicyclic) bond motifs is 2. The van der Waals surface area contributed by atoms with E-state index in [0.717, 1.165) is 16.9 Å². The van der Waals surface area contributed by atoms with Crippen LogP contribution in [0.1, 0.15) is 24.6 Å². The molecule has 2 aromatic rings. The summed E-state index contributed by atoms with van der Waals surface area (Å²) < 4.78 is 8.42. The molecule has 1 amide bonds. The average Bonchev–Trinajstić information content (AvgIpc) is 3.38. The van der Waals surface area contributed by atoms with Gasteiger partial charge in [-0.25, -0.2) is 0 Å². The van der Waals surface area contributed by atoms with E-state index in [1.54, 1.807) is 21.7 Å². The van der Waals surface area contributed by atoms with Crippen LogP contribution in [0.4, 0.5) is 5.69 Å². The van der Waals surface area contributed by atoms with E-state index >= 15 is 0 Å². The summed E-state index contributed by atoms with van der Waals surface area (Å²) in [6, 6.07) is 5.45. The van der Waals surface area contributed by atoms with E-state index in [1.807, 2.05) is 38.3 Å². The zero-order chi connectivity index (χ0) is 24.0. The third-order valence-electron chi connectivity index (χ3n) is 6.85. The predicted octanol–water partition coefficient (Wildman–Crippen LogP) is 2.89. The van der Waals surface area contributed by atoms with Crippen molar-refractivity contribution in [1.82, 2.24) is 15.0 Å². The van der Waals surface area contributed by atoms with Crippen molar-refractivity contribution < 1.29 is 19.4 Å². The molecular weight excluding hydrogens is 460 g/mol. The lowest BCUT2D eigenvalue weighted by molar-refractivity contribution is -0.145. The number of benzene rings is 1. The van der Waals surface area contributed by atoms with Gasteiger partial charge in [-0.2, -0.15) is 0 Å². The molecule has 1 aromatic carbocycles. The molecule has 0 saturated carbocycles. The van der Waals surface area contributed by atoms with Crippen LogP contribution < -0.4 is 4.90 Å². The molecule has 2 aliphatic heterocycles. The Labute approximate surface area is 199 Å². The van der Waals surface area contributed by atoms with E-state index in [1.165, 1.54) is 0 Å². The Kier molecular flexibility index (Phi) is 6.54. The number of hydrogen-bond donors (Lipinski definition) is 2. The first-order valence-electron chi connectivity index (χ1n) is 11.3. The monoisotopic (exact) mass is 490 g/mol. The van der Waals surface area contributed by atoms with E-state index in [0.29, 0.717) is 31.0 Å². The third-order valence-corrected chi connectivity index (χ3v) is 9.59. The van der Waals surface area contributed by atoms with Crippen molar-refractivity contribution in [3.8, 4) is 0 Å². The molecule has 0 unspecified atom stereocenters. The highest BCUT2D eigenvalue weighted by Crippen LogP contribution is 2.59. The van der Waals surface area contributed by atoms with Gasteiger partial charge in [0.25, 0.3) is 5.91 Å². The summed E-state index contributed by atoms with van der Waals surface area (Å²) in [5.74, 6) is -0.377. The Hall–Kier alpha value is -2.04. The van der Waals surface area contributed by atoms with E-state index in [9.17, 15) is 9.59 Å². The summed E-state index contributed by atoms with van der Waals surface area (Å²) in [6.45, 7) is 10.5. The van der Waals surface area contributed by atoms with Gasteiger partial charge in [0.1, 0.15) is 0 Å². The first-order valence-corrected chi connectivity index (χ1v) is 14.7. The fraction of sp³-hybridized carbons (Fsp3) is 0.522. The minimum atomic E-state index is -2.72. The number of aromatic nitrogens is 3. The summed E-state index contributed by atoms with van der Waals surface area (Å²) in [5.41, 5.74) is 0.884. The largest absolute Gasteiger partial charge is 0.432 e. The van der Waals surface area contributed by atoms with E-state index in [-0.39, 0.29) is 30.1 Å². The Morgan fingerprint density at radius 2 is 2.15 bits per heavy atom. The second kappa shape index (κ2) is 8.96. The molecular formula is C23H31ClN4O4Si. The van der Waals surface area contributed by atoms with Crippen LogP contribution in [0.25, 0.3) is 0 Å². The highest BCUT2D eigenvalue weighted by atomic mass is 35.5. The Balaban J connectivity index is 1.70. The molecule has 1 aromatic heterocycles. The molecule has 178 valence electrons. The lowest BCUT2D eigenvalue weighted by atomic mass is 9.82. The number of aliphatic hydroxyl groups excluding tert-OH is 1. The number of amides is 1. The topological polar surface area (TPSA) is 101 Å². The van der Waals surface area contributed by atoms with Crippen LogP contribution >= 0.6 is 11.6 Å². The maximum atomic E-state index is 13.9. The maximum absolute atomic E-state index is 13.9. The lowest BCUT2D eigenvalue weighted by Crippen LogP contribution is -2.46. The molecule has 33 heavy (non-hydrogen) atoms. The van der Waals surface area contributed by atoms with E-state index < -0.39 is 13.9 Å². The molecule has 1 saturated heterocycles. The highest BCUT2D eigenvalue weighted by molar-refractivity contribution is 6.71. The van der Waals surface area contributed by atoms with Crippen molar-refractivity contribution in [1.29, 1.82) is 0 Å². The van der Waals surface area contributed by atoms with Gasteiger partial charge >= 0.3 is 0 Å². The number of aliphatic hydroxyl groups is 1. The molecule has 0 bridgehead atoms. The van der Waals surface area contributed by atoms with E-state index in [2.05, 4.69) is 16.9 Å². The van der Waals surface area contributed by atoms with Gasteiger partial charge < -0.3 is 19.5 Å². The van der Waals surface area contributed by atoms with Crippen LogP contribution in [0.5, 0.6) is 0 Å². The number of ether oxygens (including phenoxy) is 1. The van der Waals surface area contributed by atoms with Crippen molar-refractivity contribution in [3.63, 3.8) is 0 Å². The van der Waals surface area contributed by atoms with Crippen molar-refractivity contribution >= 4 is 31.5 Å². The predicted molar refractivity (Wildman–Crippen MR) is 129 cm³/mol. The lowest BCUT2D eigenvalue weighted by Gasteiger charge is -2.32. The minimum Gasteiger partial charge on any atom is -0.432 e. The fourth-order valence-electron chi connectivity index (χ4n) is 5.57. The number of hydrogen-bond acceptors (Lipinski definition) is 6. The zero-order valence-corrected chi connectivity index (χ0v) is 21.0. The summed E-state index contributed by atoms with van der Waals surface area (Å²) in [7, 11) is -2.72. The zero-order valence-electron chi connectivity index (χ0n) is 19.2. The first kappa shape index (κ1) is 24.1. The summed E-state index contributed by atoms with van der Waals surface area (Å²) >= 11 is 6.35. The van der Waals surface area contributed by atoms with Crippen molar-refractivity contribution in [2.24, 2.45) is 5.92 Å². The number of carbonyl (C=O) groups excluding carboxylic acids is 1. The highest BCUT2D eigenvalue weighted by Gasteiger charge is 2.66. The number of rotatable bonds is 8. The Morgan fingerprint density at radius 3 is 2.82 bits per heavy atom. The molecule has 10 heteroatoms. The minimum absolute atomic E-state index is 0.0160. The van der Waals surface area contributed by atoms with Gasteiger partial charge in [0.15, 0.2) is 13.9 Å². The molecule has 0 radical (unpaired) electrons. The van der Waals surface area contributed by atoms with Gasteiger partial charge in [0.05, 0.1) is 17.5 Å². The molecule has 4 rings (SSSR count). The molecule has 4 atom stereocenters. The smallest absolute Gasteiger partial charge is 0.264 e. The van der Waals surface area contributed by atoms with Crippen molar-refractivity contribution in [2.45, 2.75) is 56.7 Å². The fourth-order valence-corrected chi connectivity index (χ4v) is 8.34. The van der Waals surface area contributed by atoms with Gasteiger partial charge in [-0.05, 0) is 37.7 Å². The van der Waals surface area contributed by atoms with Crippen LogP contribution in [0.2, 0.25) is 23.7 Å². The molecule has 1 spiro atoms. The second-order valence-electron chi connectivity index (χ2n) is 9.46. The molecule has 8 nitrogen and oxygen atoms in total. The Bertz CT molecular complexity index is 1060. The second-order valence-corrected chi connectivity index (χ2v) is 13.9. The van der Waals surface area contributed by atoms with Crippen LogP contribution in [0, 0.1) is 5.92 Å². The third kappa shape index (κ3) is 4.06. The van der Waals surface area contributed by atoms with Gasteiger partial charge in [0.2, 0.25) is 0 Å². The van der Waals surface area contributed by atoms with Crippen LogP contribution in [0.3, 0.4) is 0 Å². The number of aryl methyl sites for hydroxylation is 1. The van der Waals surface area contributed by atoms with Crippen LogP contribution in [-0.4, -0.2) is 58.4 Å². The number of carbonyl (C=O) groups is 1. The summed E-state index contributed by atoms with van der Waals surface area (Å²) in [5, 5.41) is 17.9. The number of nitrogens with zero attached hydrogens (tertiary/aromatic N) is 4. The van der Waals surface area contributed by atoms with Crippen LogP contribution in [-0.2, 0) is 28.1 Å². The molecule has 1 fully saturated rings. The normalized spacial score (nSPS) is 26.9. The standard InChI is InChI=1S/C23H31ClN4O4Si/c1-5-10-28-19-7-6-16(24)13-18(19)23(22(28)30)15(2)21(33(3,4)31)20(32-23)8-11-27-14-17(9-12-29)25-26-27/h5-7,13-15,20-21,29,31H,1,8-12H2,2-4H3/t15-,20+,21-,23+/m1/s1. The quantitative estimate of drug-likeness (QED) is 0.436. The van der Waals surface area contributed by atoms with Crippen molar-refractivity contribution in [3.05, 3.63) is 53.3 Å². The average molecular weight is 491 g/mol. The van der Waals surface area contributed by atoms with Crippen molar-refractivity contribution in [2.75, 3.05) is 18.1 Å². The molecule has 3 heterocycles.